The van der Waals surface area contributed by atoms with E-state index in [0.717, 1.165) is 23.2 Å². The molecule has 162 valence electrons. The van der Waals surface area contributed by atoms with Gasteiger partial charge in [-0.15, -0.1) is 0 Å². The second-order valence-electron chi connectivity index (χ2n) is 6.88. The van der Waals surface area contributed by atoms with Crippen molar-refractivity contribution < 1.29 is 19.4 Å². The van der Waals surface area contributed by atoms with Gasteiger partial charge in [0.1, 0.15) is 19.0 Å². The van der Waals surface area contributed by atoms with E-state index in [1.807, 2.05) is 38.1 Å². The molecule has 3 rings (SSSR count). The minimum absolute atomic E-state index is 0.140. The number of aryl methyl sites for hydroxylation is 1. The Morgan fingerprint density at radius 2 is 2.06 bits per heavy atom. The lowest BCUT2D eigenvalue weighted by Crippen LogP contribution is -2.29. The number of halogens is 1. The van der Waals surface area contributed by atoms with Crippen LogP contribution in [0.3, 0.4) is 0 Å². The first kappa shape index (κ1) is 23.1. The van der Waals surface area contributed by atoms with Gasteiger partial charge < -0.3 is 9.84 Å². The van der Waals surface area contributed by atoms with Gasteiger partial charge in [-0.1, -0.05) is 42.8 Å². The predicted molar refractivity (Wildman–Crippen MR) is 126 cm³/mol. The van der Waals surface area contributed by atoms with Crippen molar-refractivity contribution in [2.75, 3.05) is 24.7 Å². The van der Waals surface area contributed by atoms with Crippen LogP contribution in [0.25, 0.3) is 6.08 Å². The highest BCUT2D eigenvalue weighted by atomic mass is 35.5. The number of thioether (sulfide) groups is 1. The van der Waals surface area contributed by atoms with Crippen LogP contribution in [0.15, 0.2) is 52.4 Å². The number of ether oxygens (including phenoxy) is 1. The molecule has 0 atom stereocenters. The van der Waals surface area contributed by atoms with Crippen molar-refractivity contribution in [3.8, 4) is 5.75 Å². The van der Waals surface area contributed by atoms with Crippen LogP contribution in [0.1, 0.15) is 24.5 Å². The number of hydrogen-bond acceptors (Lipinski definition) is 6. The van der Waals surface area contributed by atoms with Crippen molar-refractivity contribution in [3.05, 3.63) is 63.5 Å². The van der Waals surface area contributed by atoms with Crippen LogP contribution in [-0.2, 0) is 9.59 Å². The molecule has 1 saturated heterocycles. The van der Waals surface area contributed by atoms with Crippen molar-refractivity contribution in [2.45, 2.75) is 20.3 Å². The van der Waals surface area contributed by atoms with E-state index in [4.69, 9.17) is 21.4 Å². The number of benzene rings is 2. The maximum atomic E-state index is 13.2. The van der Waals surface area contributed by atoms with Crippen molar-refractivity contribution >= 4 is 52.0 Å². The fraction of sp³-hybridized carbons (Fsp3) is 0.261. The van der Waals surface area contributed by atoms with Crippen molar-refractivity contribution in [1.29, 1.82) is 0 Å². The third-order valence-corrected chi connectivity index (χ3v) is 5.75. The van der Waals surface area contributed by atoms with Crippen molar-refractivity contribution in [2.24, 2.45) is 4.99 Å². The molecule has 1 N–H and O–H groups in total. The van der Waals surface area contributed by atoms with Gasteiger partial charge in [-0.3, -0.25) is 19.5 Å². The second kappa shape index (κ2) is 10.6. The van der Waals surface area contributed by atoms with Gasteiger partial charge in [0.25, 0.3) is 5.91 Å². The van der Waals surface area contributed by atoms with E-state index in [-0.39, 0.29) is 12.5 Å². The van der Waals surface area contributed by atoms with Crippen LogP contribution in [-0.4, -0.2) is 41.7 Å². The summed E-state index contributed by atoms with van der Waals surface area (Å²) in [6.07, 6.45) is 2.65. The number of carbonyl (C=O) groups is 2. The number of aliphatic hydroxyl groups is 1. The van der Waals surface area contributed by atoms with Crippen LogP contribution in [0.5, 0.6) is 5.75 Å². The molecule has 1 heterocycles. The number of nitrogens with zero attached hydrogens (tertiary/aromatic N) is 2. The van der Waals surface area contributed by atoms with Crippen LogP contribution >= 0.6 is 23.4 Å². The second-order valence-corrected chi connectivity index (χ2v) is 8.29. The Labute approximate surface area is 190 Å². The minimum atomic E-state index is -0.583. The summed E-state index contributed by atoms with van der Waals surface area (Å²) in [4.78, 5) is 31.3. The standard InChI is InChI=1S/C23H23ClN2O4S/c1-3-10-25-23-26(19-7-5-4-6-15(19)2)22(29)21(31-23)12-16-8-9-20(18(24)11-16)30-14-17(28)13-27/h4-9,11-12,27H,3,10,13-14H2,1-2H3/b21-12?,25-23+. The van der Waals surface area contributed by atoms with Gasteiger partial charge in [-0.2, -0.15) is 0 Å². The number of Topliss-reactive ketones (excluding diaryl/α,β-unsaturated/α-hetero) is 1. The molecule has 0 saturated carbocycles. The lowest BCUT2D eigenvalue weighted by molar-refractivity contribution is -0.123. The normalized spacial score (nSPS) is 16.4. The molecule has 0 aromatic heterocycles. The van der Waals surface area contributed by atoms with Crippen LogP contribution in [0.4, 0.5) is 5.69 Å². The van der Waals surface area contributed by atoms with Crippen molar-refractivity contribution in [1.82, 2.24) is 0 Å². The summed E-state index contributed by atoms with van der Waals surface area (Å²) in [6.45, 7) is 3.80. The van der Waals surface area contributed by atoms with Gasteiger partial charge in [0.2, 0.25) is 0 Å². The summed E-state index contributed by atoms with van der Waals surface area (Å²) in [5, 5.41) is 9.75. The van der Waals surface area contributed by atoms with Gasteiger partial charge in [0.15, 0.2) is 11.0 Å². The first-order valence-corrected chi connectivity index (χ1v) is 11.0. The summed E-state index contributed by atoms with van der Waals surface area (Å²) in [5.41, 5.74) is 2.53. The van der Waals surface area contributed by atoms with E-state index in [9.17, 15) is 9.59 Å². The number of rotatable bonds is 8. The van der Waals surface area contributed by atoms with Crippen LogP contribution in [0.2, 0.25) is 5.02 Å². The highest BCUT2D eigenvalue weighted by Crippen LogP contribution is 2.38. The first-order chi connectivity index (χ1) is 14.9. The molecule has 8 heteroatoms. The zero-order chi connectivity index (χ0) is 22.4. The number of para-hydroxylation sites is 1. The van der Waals surface area contributed by atoms with E-state index in [1.54, 1.807) is 29.2 Å². The number of hydrogen-bond donors (Lipinski definition) is 1. The molecule has 0 radical (unpaired) electrons. The average Bonchev–Trinajstić information content (AvgIpc) is 3.06. The molecular weight excluding hydrogens is 436 g/mol. The molecule has 0 aliphatic carbocycles. The Kier molecular flexibility index (Phi) is 7.90. The molecule has 31 heavy (non-hydrogen) atoms. The topological polar surface area (TPSA) is 79.2 Å². The van der Waals surface area contributed by atoms with E-state index in [0.29, 0.717) is 27.4 Å². The zero-order valence-electron chi connectivity index (χ0n) is 17.3. The maximum Gasteiger partial charge on any atom is 0.271 e. The molecule has 1 aliphatic heterocycles. The number of carbonyl (C=O) groups excluding carboxylic acids is 2. The van der Waals surface area contributed by atoms with E-state index >= 15 is 0 Å². The summed E-state index contributed by atoms with van der Waals surface area (Å²) >= 11 is 7.60. The average molecular weight is 459 g/mol. The molecular formula is C23H23ClN2O4S. The lowest BCUT2D eigenvalue weighted by Gasteiger charge is -2.17. The molecule has 1 fully saturated rings. The van der Waals surface area contributed by atoms with Gasteiger partial charge in [0, 0.05) is 6.54 Å². The Morgan fingerprint density at radius 1 is 1.29 bits per heavy atom. The van der Waals surface area contributed by atoms with Gasteiger partial charge in [0.05, 0.1) is 15.6 Å². The Morgan fingerprint density at radius 3 is 2.74 bits per heavy atom. The van der Waals surface area contributed by atoms with Crippen molar-refractivity contribution in [3.63, 3.8) is 0 Å². The molecule has 1 amide bonds. The third-order valence-electron chi connectivity index (χ3n) is 4.45. The van der Waals surface area contributed by atoms with E-state index in [2.05, 4.69) is 4.99 Å². The molecule has 1 aliphatic rings. The summed E-state index contributed by atoms with van der Waals surface area (Å²) in [6, 6.07) is 12.8. The quantitative estimate of drug-likeness (QED) is 0.590. The fourth-order valence-electron chi connectivity index (χ4n) is 2.89. The largest absolute Gasteiger partial charge is 0.484 e. The molecule has 2 aromatic rings. The lowest BCUT2D eigenvalue weighted by atomic mass is 10.1. The summed E-state index contributed by atoms with van der Waals surface area (Å²) in [7, 11) is 0. The van der Waals surface area contributed by atoms with Gasteiger partial charge >= 0.3 is 0 Å². The van der Waals surface area contributed by atoms with Gasteiger partial charge in [-0.05, 0) is 60.5 Å². The number of anilines is 1. The molecule has 6 nitrogen and oxygen atoms in total. The number of aliphatic imine (C=N–C) groups is 1. The Balaban J connectivity index is 1.88. The summed E-state index contributed by atoms with van der Waals surface area (Å²) in [5.74, 6) is -0.243. The maximum absolute atomic E-state index is 13.2. The monoisotopic (exact) mass is 458 g/mol. The molecule has 0 spiro atoms. The highest BCUT2D eigenvalue weighted by molar-refractivity contribution is 8.19. The first-order valence-electron chi connectivity index (χ1n) is 9.83. The molecule has 0 bridgehead atoms. The summed E-state index contributed by atoms with van der Waals surface area (Å²) < 4.78 is 5.32. The van der Waals surface area contributed by atoms with Gasteiger partial charge in [-0.25, -0.2) is 0 Å². The number of aliphatic hydroxyl groups excluding tert-OH is 1. The Hall–Kier alpha value is -2.61. The van der Waals surface area contributed by atoms with E-state index in [1.165, 1.54) is 11.8 Å². The highest BCUT2D eigenvalue weighted by Gasteiger charge is 2.35. The molecule has 2 aromatic carbocycles. The predicted octanol–water partition coefficient (Wildman–Crippen LogP) is 4.48. The number of amides is 1. The zero-order valence-corrected chi connectivity index (χ0v) is 18.9. The SMILES string of the molecule is CCC/N=C1/SC(=Cc2ccc(OCC(=O)CO)c(Cl)c2)C(=O)N1c1ccccc1C. The number of ketones is 1. The molecule has 0 unspecified atom stereocenters. The minimum Gasteiger partial charge on any atom is -0.484 e. The Bertz CT molecular complexity index is 1050. The number of amidine groups is 1. The smallest absolute Gasteiger partial charge is 0.271 e. The van der Waals surface area contributed by atoms with Crippen LogP contribution < -0.4 is 9.64 Å². The van der Waals surface area contributed by atoms with E-state index < -0.39 is 12.4 Å². The van der Waals surface area contributed by atoms with Crippen LogP contribution in [0, 0.1) is 6.92 Å². The fourth-order valence-corrected chi connectivity index (χ4v) is 4.13. The third kappa shape index (κ3) is 5.55.